The standard InChI is InChI=1S/C12H11F5N2O2/c13-5-11(7-3-6(20)1-2-8(7)14)4-9(12(15,16)17)21-10(18)19-11/h1-3,9,20H,4-5H2,(H2,18,19)/t9-,11+/m0/s1. The highest BCUT2D eigenvalue weighted by atomic mass is 19.4. The lowest BCUT2D eigenvalue weighted by molar-refractivity contribution is -0.209. The number of benzene rings is 1. The lowest BCUT2D eigenvalue weighted by Crippen LogP contribution is -2.48. The van der Waals surface area contributed by atoms with Crippen LogP contribution < -0.4 is 5.73 Å². The number of aliphatic imine (C=N–C) groups is 1. The number of nitrogens with zero attached hydrogens (tertiary/aromatic N) is 1. The Kier molecular flexibility index (Phi) is 3.68. The van der Waals surface area contributed by atoms with E-state index in [4.69, 9.17) is 5.73 Å². The van der Waals surface area contributed by atoms with Crippen LogP contribution in [0.3, 0.4) is 0 Å². The van der Waals surface area contributed by atoms with E-state index in [0.717, 1.165) is 18.2 Å². The average Bonchev–Trinajstić information content (AvgIpc) is 2.39. The molecule has 0 fully saturated rings. The van der Waals surface area contributed by atoms with Gasteiger partial charge in [-0.05, 0) is 18.2 Å². The van der Waals surface area contributed by atoms with Crippen LogP contribution in [0.1, 0.15) is 12.0 Å². The summed E-state index contributed by atoms with van der Waals surface area (Å²) in [5.74, 6) is -1.42. The topological polar surface area (TPSA) is 67.8 Å². The van der Waals surface area contributed by atoms with Crippen LogP contribution in [0.2, 0.25) is 0 Å². The Morgan fingerprint density at radius 2 is 2.10 bits per heavy atom. The molecule has 0 radical (unpaired) electrons. The van der Waals surface area contributed by atoms with Crippen molar-refractivity contribution < 1.29 is 31.8 Å². The Hall–Kier alpha value is -2.06. The molecule has 0 aliphatic carbocycles. The van der Waals surface area contributed by atoms with Crippen LogP contribution >= 0.6 is 0 Å². The van der Waals surface area contributed by atoms with Gasteiger partial charge in [-0.3, -0.25) is 0 Å². The van der Waals surface area contributed by atoms with Gasteiger partial charge in [-0.15, -0.1) is 0 Å². The van der Waals surface area contributed by atoms with Crippen LogP contribution in [0.4, 0.5) is 22.0 Å². The summed E-state index contributed by atoms with van der Waals surface area (Å²) >= 11 is 0. The van der Waals surface area contributed by atoms with Crippen molar-refractivity contribution in [3.8, 4) is 5.75 Å². The third-order valence-corrected chi connectivity index (χ3v) is 3.15. The number of hydrogen-bond donors (Lipinski definition) is 2. The van der Waals surface area contributed by atoms with Gasteiger partial charge in [0.15, 0.2) is 6.10 Å². The molecule has 9 heteroatoms. The molecule has 21 heavy (non-hydrogen) atoms. The minimum Gasteiger partial charge on any atom is -0.508 e. The number of rotatable bonds is 2. The van der Waals surface area contributed by atoms with Crippen molar-refractivity contribution in [3.05, 3.63) is 29.6 Å². The number of phenols is 1. The highest BCUT2D eigenvalue weighted by molar-refractivity contribution is 5.73. The SMILES string of the molecule is NC1=N[C@](CF)(c2cc(O)ccc2F)C[C@@H](C(F)(F)F)O1. The van der Waals surface area contributed by atoms with Crippen LogP contribution in [-0.2, 0) is 10.3 Å². The molecule has 1 heterocycles. The van der Waals surface area contributed by atoms with E-state index in [1.807, 2.05) is 0 Å². The predicted molar refractivity (Wildman–Crippen MR) is 62.9 cm³/mol. The van der Waals surface area contributed by atoms with Gasteiger partial charge >= 0.3 is 6.18 Å². The molecule has 1 aliphatic rings. The molecule has 1 aromatic carbocycles. The minimum atomic E-state index is -4.81. The highest BCUT2D eigenvalue weighted by Gasteiger charge is 2.52. The molecule has 1 aliphatic heterocycles. The summed E-state index contributed by atoms with van der Waals surface area (Å²) in [4.78, 5) is 3.51. The zero-order valence-electron chi connectivity index (χ0n) is 10.5. The van der Waals surface area contributed by atoms with E-state index < -0.39 is 54.1 Å². The lowest BCUT2D eigenvalue weighted by atomic mass is 9.84. The van der Waals surface area contributed by atoms with Crippen molar-refractivity contribution in [2.45, 2.75) is 24.2 Å². The number of nitrogens with two attached hydrogens (primary N) is 1. The number of phenolic OH excluding ortho intramolecular Hbond substituents is 1. The van der Waals surface area contributed by atoms with Gasteiger partial charge in [0.05, 0.1) is 0 Å². The van der Waals surface area contributed by atoms with Crippen molar-refractivity contribution >= 4 is 6.02 Å². The maximum absolute atomic E-state index is 13.8. The summed E-state index contributed by atoms with van der Waals surface area (Å²) in [6, 6.07) is 1.73. The van der Waals surface area contributed by atoms with Crippen LogP contribution in [0.5, 0.6) is 5.75 Å². The smallest absolute Gasteiger partial charge is 0.425 e. The molecule has 4 nitrogen and oxygen atoms in total. The monoisotopic (exact) mass is 310 g/mol. The van der Waals surface area contributed by atoms with Crippen LogP contribution in [-0.4, -0.2) is 30.1 Å². The van der Waals surface area contributed by atoms with Crippen molar-refractivity contribution in [3.63, 3.8) is 0 Å². The number of amidine groups is 1. The molecule has 1 aromatic rings. The van der Waals surface area contributed by atoms with Crippen LogP contribution in [0.15, 0.2) is 23.2 Å². The zero-order chi connectivity index (χ0) is 15.8. The second-order valence-corrected chi connectivity index (χ2v) is 4.63. The Morgan fingerprint density at radius 3 is 2.67 bits per heavy atom. The van der Waals surface area contributed by atoms with E-state index in [-0.39, 0.29) is 0 Å². The minimum absolute atomic E-state index is 0.428. The number of aromatic hydroxyl groups is 1. The van der Waals surface area contributed by atoms with Crippen LogP contribution in [0.25, 0.3) is 0 Å². The fourth-order valence-corrected chi connectivity index (χ4v) is 2.16. The summed E-state index contributed by atoms with van der Waals surface area (Å²) in [5, 5.41) is 9.35. The van der Waals surface area contributed by atoms with Crippen molar-refractivity contribution in [2.24, 2.45) is 10.7 Å². The normalized spacial score (nSPS) is 26.1. The van der Waals surface area contributed by atoms with Crippen molar-refractivity contribution in [1.29, 1.82) is 0 Å². The van der Waals surface area contributed by atoms with Crippen molar-refractivity contribution in [2.75, 3.05) is 6.67 Å². The molecule has 0 saturated heterocycles. The zero-order valence-corrected chi connectivity index (χ0v) is 10.5. The average molecular weight is 310 g/mol. The third kappa shape index (κ3) is 2.86. The van der Waals surface area contributed by atoms with Gasteiger partial charge in [-0.25, -0.2) is 13.8 Å². The first-order valence-electron chi connectivity index (χ1n) is 5.81. The Morgan fingerprint density at radius 1 is 1.43 bits per heavy atom. The molecule has 0 amide bonds. The number of halogens is 5. The summed E-state index contributed by atoms with van der Waals surface area (Å²) in [7, 11) is 0. The van der Waals surface area contributed by atoms with Crippen LogP contribution in [0, 0.1) is 5.82 Å². The van der Waals surface area contributed by atoms with Gasteiger partial charge in [0, 0.05) is 12.0 Å². The number of ether oxygens (including phenoxy) is 1. The molecular formula is C12H11F5N2O2. The first-order chi connectivity index (χ1) is 9.68. The maximum atomic E-state index is 13.8. The molecule has 2 atom stereocenters. The van der Waals surface area contributed by atoms with Gasteiger partial charge in [0.25, 0.3) is 6.02 Å². The quantitative estimate of drug-likeness (QED) is 0.824. The highest BCUT2D eigenvalue weighted by Crippen LogP contribution is 2.42. The van der Waals surface area contributed by atoms with Gasteiger partial charge in [-0.1, -0.05) is 0 Å². The molecule has 0 saturated carbocycles. The maximum Gasteiger partial charge on any atom is 0.425 e. The molecular weight excluding hydrogens is 299 g/mol. The molecule has 116 valence electrons. The summed E-state index contributed by atoms with van der Waals surface area (Å²) in [6.07, 6.45) is -8.20. The molecule has 0 aromatic heterocycles. The fourth-order valence-electron chi connectivity index (χ4n) is 2.16. The van der Waals surface area contributed by atoms with E-state index in [0.29, 0.717) is 0 Å². The first kappa shape index (κ1) is 15.3. The third-order valence-electron chi connectivity index (χ3n) is 3.15. The molecule has 2 rings (SSSR count). The van der Waals surface area contributed by atoms with Gasteiger partial charge in [-0.2, -0.15) is 13.2 Å². The van der Waals surface area contributed by atoms with E-state index in [2.05, 4.69) is 9.73 Å². The fraction of sp³-hybridized carbons (Fsp3) is 0.417. The Bertz CT molecular complexity index is 575. The van der Waals surface area contributed by atoms with Crippen molar-refractivity contribution in [1.82, 2.24) is 0 Å². The molecule has 0 bridgehead atoms. The van der Waals surface area contributed by atoms with Gasteiger partial charge < -0.3 is 15.6 Å². The summed E-state index contributed by atoms with van der Waals surface area (Å²) in [5.41, 5.74) is 2.48. The second kappa shape index (κ2) is 5.05. The molecule has 0 spiro atoms. The Labute approximate surface area is 116 Å². The Balaban J connectivity index is 2.54. The van der Waals surface area contributed by atoms with Gasteiger partial charge in [0.2, 0.25) is 0 Å². The first-order valence-corrected chi connectivity index (χ1v) is 5.81. The van der Waals surface area contributed by atoms with Gasteiger partial charge in [0.1, 0.15) is 23.8 Å². The van der Waals surface area contributed by atoms with E-state index in [1.54, 1.807) is 0 Å². The van der Waals surface area contributed by atoms with E-state index in [9.17, 15) is 27.1 Å². The predicted octanol–water partition coefficient (Wildman–Crippen LogP) is 2.36. The van der Waals surface area contributed by atoms with E-state index in [1.165, 1.54) is 0 Å². The summed E-state index contributed by atoms with van der Waals surface area (Å²) in [6.45, 7) is -1.43. The number of hydrogen-bond acceptors (Lipinski definition) is 4. The molecule has 3 N–H and O–H groups in total. The van der Waals surface area contributed by atoms with E-state index >= 15 is 0 Å². The number of alkyl halides is 4. The lowest BCUT2D eigenvalue weighted by Gasteiger charge is -2.36. The summed E-state index contributed by atoms with van der Waals surface area (Å²) < 4.78 is 70.0. The largest absolute Gasteiger partial charge is 0.508 e. The molecule has 0 unspecified atom stereocenters. The second-order valence-electron chi connectivity index (χ2n) is 4.63.